The molecule has 6 N–H and O–H groups in total. The second-order valence-corrected chi connectivity index (χ2v) is 13.2. The number of amides is 6. The molecule has 4 aliphatic heterocycles. The summed E-state index contributed by atoms with van der Waals surface area (Å²) >= 11 is 3.80. The predicted octanol–water partition coefficient (Wildman–Crippen LogP) is 1.34. The summed E-state index contributed by atoms with van der Waals surface area (Å²) in [5.74, 6) is 1.99. The molecule has 4 rings (SSSR count). The highest BCUT2D eigenvalue weighted by atomic mass is 32.2. The number of hydrogen-bond donors (Lipinski definition) is 6. The van der Waals surface area contributed by atoms with E-state index in [1.165, 1.54) is 0 Å². The number of carbonyl (C=O) groups is 4. The van der Waals surface area contributed by atoms with Gasteiger partial charge in [-0.3, -0.25) is 9.59 Å². The number of rotatable bonds is 19. The minimum absolute atomic E-state index is 0. The van der Waals surface area contributed by atoms with Crippen LogP contribution in [0.3, 0.4) is 0 Å². The normalized spacial score (nSPS) is 27.6. The summed E-state index contributed by atoms with van der Waals surface area (Å²) in [4.78, 5) is 46.9. The van der Waals surface area contributed by atoms with Gasteiger partial charge in [-0.1, -0.05) is 20.3 Å². The van der Waals surface area contributed by atoms with E-state index in [1.54, 1.807) is 0 Å². The van der Waals surface area contributed by atoms with Gasteiger partial charge in [-0.2, -0.15) is 23.5 Å². The maximum atomic E-state index is 12.0. The zero-order valence-corrected chi connectivity index (χ0v) is 24.7. The molecule has 234 valence electrons. The van der Waals surface area contributed by atoms with E-state index in [0.717, 1.165) is 50.0 Å². The Balaban J connectivity index is 0.00000462. The number of urea groups is 2. The van der Waals surface area contributed by atoms with Crippen LogP contribution in [-0.4, -0.2) is 110 Å². The van der Waals surface area contributed by atoms with Crippen LogP contribution < -0.4 is 31.9 Å². The Morgan fingerprint density at radius 1 is 0.683 bits per heavy atom. The standard InChI is InChI=1S/C26H44N6O6S2.CH4/c33-21(7-3-1-5-19-23-17(15-39-19)29-25(35)31-23)27-9-11-37-13-14-38-12-10-28-22(34)8-4-2-6-20-24-18(16-40-20)30-26(36)32-24;/h17-20,23-24H,1-16H2,(H,27,33)(H,28,34)(H2,29,31,35)(H2,30,32,36);1H4. The van der Waals surface area contributed by atoms with Crippen LogP contribution in [0.5, 0.6) is 0 Å². The van der Waals surface area contributed by atoms with E-state index in [1.807, 2.05) is 23.5 Å². The van der Waals surface area contributed by atoms with Crippen molar-refractivity contribution in [3.05, 3.63) is 0 Å². The first-order chi connectivity index (χ1) is 19.5. The van der Waals surface area contributed by atoms with Crippen molar-refractivity contribution < 1.29 is 28.7 Å². The quantitative estimate of drug-likeness (QED) is 0.0937. The monoisotopic (exact) mass is 616 g/mol. The molecule has 6 amide bonds. The largest absolute Gasteiger partial charge is 0.377 e. The second kappa shape index (κ2) is 17.9. The van der Waals surface area contributed by atoms with Gasteiger partial charge >= 0.3 is 12.1 Å². The van der Waals surface area contributed by atoms with Crippen LogP contribution >= 0.6 is 23.5 Å². The van der Waals surface area contributed by atoms with Crippen molar-refractivity contribution in [1.29, 1.82) is 0 Å². The molecule has 0 radical (unpaired) electrons. The molecule has 0 aromatic rings. The van der Waals surface area contributed by atoms with E-state index in [9.17, 15) is 19.2 Å². The van der Waals surface area contributed by atoms with Crippen molar-refractivity contribution in [2.75, 3.05) is 51.0 Å². The average Bonchev–Trinajstić information content (AvgIpc) is 3.68. The Hall–Kier alpha value is -1.90. The summed E-state index contributed by atoms with van der Waals surface area (Å²) in [6, 6.07) is 0.811. The Bertz CT molecular complexity index is 802. The molecule has 14 heteroatoms. The number of hydrogen-bond acceptors (Lipinski definition) is 8. The fourth-order valence-corrected chi connectivity index (χ4v) is 8.66. The molecule has 12 nitrogen and oxygen atoms in total. The Morgan fingerprint density at radius 2 is 1.12 bits per heavy atom. The third kappa shape index (κ3) is 11.0. The number of ether oxygens (including phenoxy) is 2. The summed E-state index contributed by atoms with van der Waals surface area (Å²) in [5, 5.41) is 18.5. The van der Waals surface area contributed by atoms with Crippen LogP contribution in [0, 0.1) is 0 Å². The smallest absolute Gasteiger partial charge is 0.315 e. The SMILES string of the molecule is C.O=C(CCCCC1SCC2NC(=O)NC21)NCCOCCOCCNC(=O)CCCCC1SCC2NC(=O)NC21. The number of thioether (sulfide) groups is 2. The lowest BCUT2D eigenvalue weighted by molar-refractivity contribution is -0.122. The van der Waals surface area contributed by atoms with Gasteiger partial charge in [-0.05, 0) is 25.7 Å². The minimum atomic E-state index is -0.0620. The zero-order valence-electron chi connectivity index (χ0n) is 23.0. The summed E-state index contributed by atoms with van der Waals surface area (Å²) in [5.41, 5.74) is 0. The van der Waals surface area contributed by atoms with Gasteiger partial charge in [0.05, 0.1) is 50.6 Å². The van der Waals surface area contributed by atoms with Crippen LogP contribution in [-0.2, 0) is 19.1 Å². The van der Waals surface area contributed by atoms with Gasteiger partial charge in [0.2, 0.25) is 11.8 Å². The lowest BCUT2D eigenvalue weighted by Crippen LogP contribution is -2.36. The summed E-state index contributed by atoms with van der Waals surface area (Å²) in [6.07, 6.45) is 6.65. The molecular weight excluding hydrogens is 568 g/mol. The maximum Gasteiger partial charge on any atom is 0.315 e. The highest BCUT2D eigenvalue weighted by molar-refractivity contribution is 8.00. The molecule has 4 heterocycles. The molecule has 0 spiro atoms. The molecule has 6 unspecified atom stereocenters. The number of fused-ring (bicyclic) bond motifs is 2. The lowest BCUT2D eigenvalue weighted by atomic mass is 10.0. The van der Waals surface area contributed by atoms with Crippen molar-refractivity contribution in [3.63, 3.8) is 0 Å². The Morgan fingerprint density at radius 3 is 1.56 bits per heavy atom. The molecule has 0 saturated carbocycles. The molecule has 4 saturated heterocycles. The van der Waals surface area contributed by atoms with Gasteiger partial charge in [0, 0.05) is 47.9 Å². The van der Waals surface area contributed by atoms with E-state index >= 15 is 0 Å². The fourth-order valence-electron chi connectivity index (χ4n) is 5.57. The van der Waals surface area contributed by atoms with Gasteiger partial charge in [0.15, 0.2) is 0 Å². The average molecular weight is 617 g/mol. The lowest BCUT2D eigenvalue weighted by Gasteiger charge is -2.16. The third-order valence-corrected chi connectivity index (χ3v) is 10.7. The maximum absolute atomic E-state index is 12.0. The molecule has 0 aromatic carbocycles. The first-order valence-corrected chi connectivity index (χ1v) is 16.7. The molecule has 4 aliphatic rings. The molecule has 0 bridgehead atoms. The first kappa shape index (κ1) is 33.6. The van der Waals surface area contributed by atoms with Crippen molar-refractivity contribution in [2.45, 2.75) is 93.5 Å². The van der Waals surface area contributed by atoms with E-state index in [-0.39, 0.29) is 55.5 Å². The van der Waals surface area contributed by atoms with Crippen LogP contribution in [0.4, 0.5) is 9.59 Å². The number of carbonyl (C=O) groups excluding carboxylic acids is 4. The number of unbranched alkanes of at least 4 members (excludes halogenated alkanes) is 2. The van der Waals surface area contributed by atoms with Crippen molar-refractivity contribution in [1.82, 2.24) is 31.9 Å². The summed E-state index contributed by atoms with van der Waals surface area (Å²) in [7, 11) is 0. The van der Waals surface area contributed by atoms with E-state index in [0.29, 0.717) is 62.9 Å². The molecule has 0 aliphatic carbocycles. The fraction of sp³-hybridized carbons (Fsp3) is 0.852. The minimum Gasteiger partial charge on any atom is -0.377 e. The topological polar surface area (TPSA) is 159 Å². The van der Waals surface area contributed by atoms with Crippen LogP contribution in [0.2, 0.25) is 0 Å². The van der Waals surface area contributed by atoms with Gasteiger partial charge in [0.1, 0.15) is 0 Å². The van der Waals surface area contributed by atoms with Crippen LogP contribution in [0.15, 0.2) is 0 Å². The predicted molar refractivity (Wildman–Crippen MR) is 162 cm³/mol. The third-order valence-electron chi connectivity index (χ3n) is 7.67. The summed E-state index contributed by atoms with van der Waals surface area (Å²) < 4.78 is 11.0. The Labute approximate surface area is 252 Å². The van der Waals surface area contributed by atoms with Gasteiger partial charge in [0.25, 0.3) is 0 Å². The van der Waals surface area contributed by atoms with Gasteiger partial charge in [-0.25, -0.2) is 9.59 Å². The molecule has 41 heavy (non-hydrogen) atoms. The van der Waals surface area contributed by atoms with Gasteiger partial charge in [-0.15, -0.1) is 0 Å². The van der Waals surface area contributed by atoms with Crippen molar-refractivity contribution in [2.24, 2.45) is 0 Å². The van der Waals surface area contributed by atoms with Crippen molar-refractivity contribution in [3.8, 4) is 0 Å². The number of nitrogens with one attached hydrogen (secondary N) is 6. The molecular formula is C27H48N6O6S2. The van der Waals surface area contributed by atoms with Gasteiger partial charge < -0.3 is 41.4 Å². The van der Waals surface area contributed by atoms with Crippen LogP contribution in [0.1, 0.15) is 58.8 Å². The van der Waals surface area contributed by atoms with E-state index in [4.69, 9.17) is 9.47 Å². The highest BCUT2D eigenvalue weighted by Crippen LogP contribution is 2.34. The summed E-state index contributed by atoms with van der Waals surface area (Å²) in [6.45, 7) is 2.69. The van der Waals surface area contributed by atoms with E-state index in [2.05, 4.69) is 31.9 Å². The first-order valence-electron chi connectivity index (χ1n) is 14.6. The second-order valence-electron chi connectivity index (χ2n) is 10.7. The van der Waals surface area contributed by atoms with Crippen molar-refractivity contribution >= 4 is 47.4 Å². The van der Waals surface area contributed by atoms with E-state index < -0.39 is 0 Å². The zero-order chi connectivity index (χ0) is 28.2. The molecule has 4 fully saturated rings. The highest BCUT2D eigenvalue weighted by Gasteiger charge is 2.43. The molecule has 6 atom stereocenters. The van der Waals surface area contributed by atoms with Crippen LogP contribution in [0.25, 0.3) is 0 Å². The molecule has 0 aromatic heterocycles. The Kier molecular flexibility index (Phi) is 14.7.